The van der Waals surface area contributed by atoms with Crippen LogP contribution in [0.4, 0.5) is 5.69 Å². The first-order valence-corrected chi connectivity index (χ1v) is 7.36. The fourth-order valence-corrected chi connectivity index (χ4v) is 1.94. The van der Waals surface area contributed by atoms with Crippen LogP contribution in [0.2, 0.25) is 0 Å². The van der Waals surface area contributed by atoms with Gasteiger partial charge in [-0.25, -0.2) is 0 Å². The van der Waals surface area contributed by atoms with Crippen LogP contribution in [0.15, 0.2) is 29.4 Å². The van der Waals surface area contributed by atoms with Crippen molar-refractivity contribution in [1.82, 2.24) is 5.43 Å². The van der Waals surface area contributed by atoms with Gasteiger partial charge in [0.25, 0.3) is 0 Å². The van der Waals surface area contributed by atoms with Crippen LogP contribution < -0.4 is 15.5 Å². The van der Waals surface area contributed by atoms with Gasteiger partial charge in [-0.1, -0.05) is 26.7 Å². The summed E-state index contributed by atoms with van der Waals surface area (Å²) in [7, 11) is 1.65. The summed E-state index contributed by atoms with van der Waals surface area (Å²) in [6.45, 7) is 4.30. The summed E-state index contributed by atoms with van der Waals surface area (Å²) in [6, 6.07) is 7.59. The molecule has 0 aliphatic carbocycles. The zero-order valence-electron chi connectivity index (χ0n) is 12.4. The summed E-state index contributed by atoms with van der Waals surface area (Å²) in [5.74, 6) is 0.820. The van der Waals surface area contributed by atoms with Crippen LogP contribution in [-0.4, -0.2) is 17.9 Å². The number of methoxy groups -OCH3 is 1. The third-order valence-corrected chi connectivity index (χ3v) is 2.93. The summed E-state index contributed by atoms with van der Waals surface area (Å²) >= 11 is 5.22. The highest BCUT2D eigenvalue weighted by atomic mass is 32.1. The largest absolute Gasteiger partial charge is 0.497 e. The topological polar surface area (TPSA) is 45.7 Å². The van der Waals surface area contributed by atoms with Crippen LogP contribution in [0.5, 0.6) is 5.75 Å². The van der Waals surface area contributed by atoms with E-state index in [2.05, 4.69) is 29.7 Å². The molecule has 0 saturated heterocycles. The zero-order valence-corrected chi connectivity index (χ0v) is 13.2. The third-order valence-electron chi connectivity index (χ3n) is 2.74. The number of hydrogen-bond donors (Lipinski definition) is 2. The molecule has 1 aromatic rings. The first-order chi connectivity index (χ1) is 9.69. The molecule has 0 bridgehead atoms. The molecule has 1 rings (SSSR count). The second-order valence-electron chi connectivity index (χ2n) is 4.47. The molecule has 0 saturated carbocycles. The number of thiocarbonyl (C=S) groups is 1. The van der Waals surface area contributed by atoms with Crippen LogP contribution in [-0.2, 0) is 0 Å². The molecule has 0 radical (unpaired) electrons. The van der Waals surface area contributed by atoms with E-state index in [-0.39, 0.29) is 0 Å². The van der Waals surface area contributed by atoms with Crippen molar-refractivity contribution in [2.75, 3.05) is 12.4 Å². The number of rotatable bonds is 7. The van der Waals surface area contributed by atoms with Gasteiger partial charge in [0.15, 0.2) is 5.11 Å². The lowest BCUT2D eigenvalue weighted by Crippen LogP contribution is -2.25. The van der Waals surface area contributed by atoms with E-state index in [0.29, 0.717) is 5.11 Å². The van der Waals surface area contributed by atoms with Gasteiger partial charge in [0, 0.05) is 11.4 Å². The van der Waals surface area contributed by atoms with Crippen molar-refractivity contribution in [2.45, 2.75) is 39.5 Å². The molecule has 110 valence electrons. The quantitative estimate of drug-likeness (QED) is 0.454. The Morgan fingerprint density at radius 3 is 2.25 bits per heavy atom. The minimum atomic E-state index is 0.500. The van der Waals surface area contributed by atoms with Crippen molar-refractivity contribution in [3.63, 3.8) is 0 Å². The van der Waals surface area contributed by atoms with Crippen molar-refractivity contribution >= 4 is 28.7 Å². The molecular formula is C15H23N3OS. The van der Waals surface area contributed by atoms with Crippen molar-refractivity contribution < 1.29 is 4.74 Å². The Labute approximate surface area is 126 Å². The zero-order chi connectivity index (χ0) is 14.8. The minimum absolute atomic E-state index is 0.500. The monoisotopic (exact) mass is 293 g/mol. The van der Waals surface area contributed by atoms with E-state index in [0.717, 1.165) is 42.8 Å². The molecule has 0 aromatic heterocycles. The summed E-state index contributed by atoms with van der Waals surface area (Å²) in [4.78, 5) is 0. The standard InChI is InChI=1S/C15H23N3OS/c1-4-6-13(7-5-2)17-18-15(20)16-12-8-10-14(19-3)11-9-12/h8-11H,4-7H2,1-3H3,(H2,16,18,20). The van der Waals surface area contributed by atoms with Crippen molar-refractivity contribution in [1.29, 1.82) is 0 Å². The van der Waals surface area contributed by atoms with Gasteiger partial charge in [-0.15, -0.1) is 0 Å². The smallest absolute Gasteiger partial charge is 0.191 e. The molecule has 4 nitrogen and oxygen atoms in total. The Hall–Kier alpha value is -1.62. The molecule has 0 spiro atoms. The highest BCUT2D eigenvalue weighted by molar-refractivity contribution is 7.80. The van der Waals surface area contributed by atoms with Gasteiger partial charge >= 0.3 is 0 Å². The predicted octanol–water partition coefficient (Wildman–Crippen LogP) is 3.94. The molecule has 0 unspecified atom stereocenters. The van der Waals surface area contributed by atoms with Crippen LogP contribution in [0.3, 0.4) is 0 Å². The van der Waals surface area contributed by atoms with Gasteiger partial charge in [-0.3, -0.25) is 5.43 Å². The Morgan fingerprint density at radius 1 is 1.15 bits per heavy atom. The molecule has 0 aliphatic rings. The molecule has 1 aromatic carbocycles. The average molecular weight is 293 g/mol. The van der Waals surface area contributed by atoms with E-state index in [9.17, 15) is 0 Å². The fraction of sp³-hybridized carbons (Fsp3) is 0.467. The SMILES string of the molecule is CCCC(CCC)=NNC(=S)Nc1ccc(OC)cc1. The highest BCUT2D eigenvalue weighted by Gasteiger charge is 2.00. The molecule has 20 heavy (non-hydrogen) atoms. The van der Waals surface area contributed by atoms with Gasteiger partial charge in [0.2, 0.25) is 0 Å². The number of hydrogen-bond acceptors (Lipinski definition) is 3. The Balaban J connectivity index is 2.51. The Bertz CT molecular complexity index is 435. The first kappa shape index (κ1) is 16.4. The van der Waals surface area contributed by atoms with Crippen LogP contribution in [0.25, 0.3) is 0 Å². The second-order valence-corrected chi connectivity index (χ2v) is 4.88. The molecule has 2 N–H and O–H groups in total. The predicted molar refractivity (Wildman–Crippen MR) is 89.6 cm³/mol. The lowest BCUT2D eigenvalue weighted by Gasteiger charge is -2.09. The van der Waals surface area contributed by atoms with Crippen LogP contribution in [0.1, 0.15) is 39.5 Å². The van der Waals surface area contributed by atoms with Gasteiger partial charge in [0.05, 0.1) is 7.11 Å². The lowest BCUT2D eigenvalue weighted by molar-refractivity contribution is 0.415. The first-order valence-electron chi connectivity index (χ1n) is 6.96. The maximum atomic E-state index is 5.22. The van der Waals surface area contributed by atoms with Crippen molar-refractivity contribution in [2.24, 2.45) is 5.10 Å². The number of hydrazone groups is 1. The lowest BCUT2D eigenvalue weighted by atomic mass is 10.1. The molecule has 0 heterocycles. The number of nitrogens with zero attached hydrogens (tertiary/aromatic N) is 1. The van der Waals surface area contributed by atoms with E-state index >= 15 is 0 Å². The maximum Gasteiger partial charge on any atom is 0.191 e. The third kappa shape index (κ3) is 6.02. The number of nitrogens with one attached hydrogen (secondary N) is 2. The van der Waals surface area contributed by atoms with Gasteiger partial charge < -0.3 is 10.1 Å². The molecule has 0 atom stereocenters. The highest BCUT2D eigenvalue weighted by Crippen LogP contribution is 2.14. The number of anilines is 1. The van der Waals surface area contributed by atoms with Crippen molar-refractivity contribution in [3.05, 3.63) is 24.3 Å². The maximum absolute atomic E-state index is 5.22. The molecule has 0 fully saturated rings. The van der Waals surface area contributed by atoms with E-state index in [1.165, 1.54) is 0 Å². The van der Waals surface area contributed by atoms with Crippen molar-refractivity contribution in [3.8, 4) is 5.75 Å². The number of benzene rings is 1. The Kier molecular flexibility index (Phi) is 7.65. The average Bonchev–Trinajstić information content (AvgIpc) is 2.46. The molecule has 0 aliphatic heterocycles. The summed E-state index contributed by atoms with van der Waals surface area (Å²) < 4.78 is 5.11. The summed E-state index contributed by atoms with van der Waals surface area (Å²) in [6.07, 6.45) is 4.20. The molecule has 5 heteroatoms. The van der Waals surface area contributed by atoms with Gasteiger partial charge in [-0.2, -0.15) is 5.10 Å². The minimum Gasteiger partial charge on any atom is -0.497 e. The van der Waals surface area contributed by atoms with Gasteiger partial charge in [-0.05, 0) is 49.3 Å². The summed E-state index contributed by atoms with van der Waals surface area (Å²) in [5, 5.41) is 7.96. The number of ether oxygens (including phenoxy) is 1. The van der Waals surface area contributed by atoms with E-state index < -0.39 is 0 Å². The van der Waals surface area contributed by atoms with E-state index in [1.807, 2.05) is 24.3 Å². The van der Waals surface area contributed by atoms with Crippen LogP contribution in [0, 0.1) is 0 Å². The van der Waals surface area contributed by atoms with E-state index in [4.69, 9.17) is 17.0 Å². The fourth-order valence-electron chi connectivity index (χ4n) is 1.78. The molecular weight excluding hydrogens is 270 g/mol. The van der Waals surface area contributed by atoms with E-state index in [1.54, 1.807) is 7.11 Å². The Morgan fingerprint density at radius 2 is 1.75 bits per heavy atom. The van der Waals surface area contributed by atoms with Gasteiger partial charge in [0.1, 0.15) is 5.75 Å². The summed E-state index contributed by atoms with van der Waals surface area (Å²) in [5.41, 5.74) is 4.98. The molecule has 0 amide bonds. The normalized spacial score (nSPS) is 9.75. The van der Waals surface area contributed by atoms with Crippen LogP contribution >= 0.6 is 12.2 Å². The second kappa shape index (κ2) is 9.31.